The van der Waals surface area contributed by atoms with E-state index >= 15 is 0 Å². The van der Waals surface area contributed by atoms with Gasteiger partial charge in [-0.2, -0.15) is 0 Å². The molecule has 2 fully saturated rings. The van der Waals surface area contributed by atoms with E-state index in [-0.39, 0.29) is 29.4 Å². The molecule has 5 heteroatoms. The van der Waals surface area contributed by atoms with E-state index < -0.39 is 11.8 Å². The summed E-state index contributed by atoms with van der Waals surface area (Å²) in [4.78, 5) is 41.3. The number of nitrogens with zero attached hydrogens (tertiary/aromatic N) is 1. The number of hydrogen-bond acceptors (Lipinski definition) is 4. The maximum atomic E-state index is 14.0. The number of carbonyl (C=O) groups is 3. The molecule has 37 heavy (non-hydrogen) atoms. The normalized spacial score (nSPS) is 23.5. The maximum absolute atomic E-state index is 14.0. The number of carbonyl (C=O) groups excluding carboxylic acids is 3. The molecule has 1 saturated heterocycles. The lowest BCUT2D eigenvalue weighted by Crippen LogP contribution is -2.34. The Labute approximate surface area is 216 Å². The highest BCUT2D eigenvalue weighted by molar-refractivity contribution is 6.24. The van der Waals surface area contributed by atoms with Crippen molar-refractivity contribution in [2.45, 2.75) is 13.8 Å². The zero-order valence-corrected chi connectivity index (χ0v) is 20.8. The highest BCUT2D eigenvalue weighted by Crippen LogP contribution is 2.59. The number of amides is 2. The fourth-order valence-corrected chi connectivity index (χ4v) is 6.23. The van der Waals surface area contributed by atoms with Crippen LogP contribution in [0, 0.1) is 23.7 Å². The molecular weight excluding hydrogens is 462 g/mol. The predicted molar refractivity (Wildman–Crippen MR) is 142 cm³/mol. The summed E-state index contributed by atoms with van der Waals surface area (Å²) in [7, 11) is 0. The van der Waals surface area contributed by atoms with Gasteiger partial charge in [0, 0.05) is 17.4 Å². The third kappa shape index (κ3) is 3.57. The molecule has 5 nitrogen and oxygen atoms in total. The van der Waals surface area contributed by atoms with Crippen molar-refractivity contribution in [3.63, 3.8) is 0 Å². The monoisotopic (exact) mass is 489 g/mol. The molecule has 3 aromatic carbocycles. The first-order chi connectivity index (χ1) is 18.0. The number of benzene rings is 3. The van der Waals surface area contributed by atoms with Crippen molar-refractivity contribution >= 4 is 28.9 Å². The van der Waals surface area contributed by atoms with Crippen LogP contribution in [0.4, 0.5) is 5.69 Å². The van der Waals surface area contributed by atoms with Gasteiger partial charge in [-0.3, -0.25) is 14.4 Å². The van der Waals surface area contributed by atoms with Gasteiger partial charge in [0.2, 0.25) is 11.8 Å². The standard InChI is InChI=1S/C32H27NO4/c1-3-37-26-17-14-22(19(2)34)18-25(26)33-31(35)29-23-15-16-24(30(29)32(33)36)28(23)27(20-10-6-4-7-11-20)21-12-8-5-9-13-21/h4-18,23-24,29-30H,3H2,1-2H3/t23-,24+,29-,30+. The van der Waals surface area contributed by atoms with Gasteiger partial charge in [0.05, 0.1) is 24.1 Å². The second-order valence-electron chi connectivity index (χ2n) is 9.73. The molecule has 2 bridgehead atoms. The van der Waals surface area contributed by atoms with Gasteiger partial charge in [-0.15, -0.1) is 0 Å². The van der Waals surface area contributed by atoms with E-state index in [1.807, 2.05) is 43.3 Å². The summed E-state index contributed by atoms with van der Waals surface area (Å²) in [5, 5.41) is 0. The molecule has 0 aromatic heterocycles. The summed E-state index contributed by atoms with van der Waals surface area (Å²) in [6, 6.07) is 25.3. The highest BCUT2D eigenvalue weighted by atomic mass is 16.5. The Morgan fingerprint density at radius 3 is 1.81 bits per heavy atom. The molecule has 0 N–H and O–H groups in total. The Hall–Kier alpha value is -4.25. The van der Waals surface area contributed by atoms with Crippen molar-refractivity contribution in [2.75, 3.05) is 11.5 Å². The lowest BCUT2D eigenvalue weighted by atomic mass is 9.85. The van der Waals surface area contributed by atoms with Crippen LogP contribution in [0.1, 0.15) is 35.3 Å². The molecule has 1 saturated carbocycles. The van der Waals surface area contributed by atoms with Gasteiger partial charge < -0.3 is 4.74 Å². The lowest BCUT2D eigenvalue weighted by molar-refractivity contribution is -0.123. The van der Waals surface area contributed by atoms with Gasteiger partial charge in [0.1, 0.15) is 5.75 Å². The smallest absolute Gasteiger partial charge is 0.238 e. The predicted octanol–water partition coefficient (Wildman–Crippen LogP) is 5.71. The highest BCUT2D eigenvalue weighted by Gasteiger charge is 2.62. The fourth-order valence-electron chi connectivity index (χ4n) is 6.23. The van der Waals surface area contributed by atoms with Gasteiger partial charge in [-0.1, -0.05) is 72.8 Å². The maximum Gasteiger partial charge on any atom is 0.238 e. The molecule has 3 aromatic rings. The van der Waals surface area contributed by atoms with E-state index in [0.717, 1.165) is 22.3 Å². The van der Waals surface area contributed by atoms with Crippen molar-refractivity contribution in [1.29, 1.82) is 0 Å². The van der Waals surface area contributed by atoms with E-state index in [9.17, 15) is 14.4 Å². The van der Waals surface area contributed by atoms with Crippen LogP contribution in [0.25, 0.3) is 5.57 Å². The van der Waals surface area contributed by atoms with E-state index in [2.05, 4.69) is 36.4 Å². The van der Waals surface area contributed by atoms with Crippen LogP contribution in [0.3, 0.4) is 0 Å². The number of fused-ring (bicyclic) bond motifs is 5. The average molecular weight is 490 g/mol. The van der Waals surface area contributed by atoms with Crippen molar-refractivity contribution in [3.8, 4) is 5.75 Å². The Morgan fingerprint density at radius 1 is 0.784 bits per heavy atom. The molecule has 3 aliphatic rings. The van der Waals surface area contributed by atoms with Gasteiger partial charge in [0.15, 0.2) is 5.78 Å². The van der Waals surface area contributed by atoms with Crippen LogP contribution in [0.2, 0.25) is 0 Å². The topological polar surface area (TPSA) is 63.7 Å². The number of rotatable bonds is 6. The molecule has 0 radical (unpaired) electrons. The number of ketones is 1. The van der Waals surface area contributed by atoms with Crippen LogP contribution in [-0.4, -0.2) is 24.2 Å². The van der Waals surface area contributed by atoms with Crippen LogP contribution < -0.4 is 9.64 Å². The molecule has 6 rings (SSSR count). The van der Waals surface area contributed by atoms with Crippen LogP contribution in [0.15, 0.2) is 96.6 Å². The molecule has 1 heterocycles. The van der Waals surface area contributed by atoms with Crippen molar-refractivity contribution in [1.82, 2.24) is 0 Å². The summed E-state index contributed by atoms with van der Waals surface area (Å²) >= 11 is 0. The van der Waals surface area contributed by atoms with Crippen LogP contribution >= 0.6 is 0 Å². The Bertz CT molecular complexity index is 1400. The number of Topliss-reactive ketones (excluding diaryl/α,β-unsaturated/α-hetero) is 1. The number of hydrogen-bond donors (Lipinski definition) is 0. The van der Waals surface area contributed by atoms with Gasteiger partial charge in [-0.25, -0.2) is 4.90 Å². The zero-order valence-electron chi connectivity index (χ0n) is 20.8. The minimum atomic E-state index is -0.476. The van der Waals surface area contributed by atoms with E-state index in [4.69, 9.17) is 4.74 Å². The van der Waals surface area contributed by atoms with Gasteiger partial charge in [0.25, 0.3) is 0 Å². The summed E-state index contributed by atoms with van der Waals surface area (Å²) in [6.07, 6.45) is 4.19. The number of allylic oxidation sites excluding steroid dienone is 3. The third-order valence-electron chi connectivity index (χ3n) is 7.74. The summed E-state index contributed by atoms with van der Waals surface area (Å²) in [5.74, 6) is -1.45. The third-order valence-corrected chi connectivity index (χ3v) is 7.74. The Balaban J connectivity index is 1.47. The molecule has 1 aliphatic heterocycles. The summed E-state index contributed by atoms with van der Waals surface area (Å²) < 4.78 is 5.76. The van der Waals surface area contributed by atoms with Crippen molar-refractivity contribution in [2.24, 2.45) is 23.7 Å². The van der Waals surface area contributed by atoms with E-state index in [1.54, 1.807) is 18.2 Å². The van der Waals surface area contributed by atoms with Gasteiger partial charge >= 0.3 is 0 Å². The quantitative estimate of drug-likeness (QED) is 0.253. The molecular formula is C32H27NO4. The van der Waals surface area contributed by atoms with E-state index in [0.29, 0.717) is 23.6 Å². The number of imide groups is 1. The molecule has 2 aliphatic carbocycles. The van der Waals surface area contributed by atoms with Crippen molar-refractivity contribution < 1.29 is 19.1 Å². The minimum absolute atomic E-state index is 0.133. The molecule has 184 valence electrons. The molecule has 4 atom stereocenters. The molecule has 0 spiro atoms. The average Bonchev–Trinajstić information content (AvgIpc) is 3.55. The first-order valence-corrected chi connectivity index (χ1v) is 12.7. The van der Waals surface area contributed by atoms with Crippen LogP contribution in [-0.2, 0) is 9.59 Å². The first kappa shape index (κ1) is 23.2. The Morgan fingerprint density at radius 2 is 1.32 bits per heavy atom. The SMILES string of the molecule is CCOc1ccc(C(C)=O)cc1N1C(=O)[C@@H]2[C@H](C1=O)[C@@H]1C=C[C@H]2C1=C(c1ccccc1)c1ccccc1. The van der Waals surface area contributed by atoms with Crippen LogP contribution in [0.5, 0.6) is 5.75 Å². The first-order valence-electron chi connectivity index (χ1n) is 12.7. The second-order valence-corrected chi connectivity index (χ2v) is 9.73. The summed E-state index contributed by atoms with van der Waals surface area (Å²) in [6.45, 7) is 3.70. The number of anilines is 1. The molecule has 0 unspecified atom stereocenters. The number of ether oxygens (including phenoxy) is 1. The molecule has 2 amide bonds. The largest absolute Gasteiger partial charge is 0.492 e. The fraction of sp³-hybridized carbons (Fsp3) is 0.219. The lowest BCUT2D eigenvalue weighted by Gasteiger charge is -2.23. The zero-order chi connectivity index (χ0) is 25.7. The Kier molecular flexibility index (Phi) is 5.64. The minimum Gasteiger partial charge on any atom is -0.492 e. The van der Waals surface area contributed by atoms with Crippen molar-refractivity contribution in [3.05, 3.63) is 113 Å². The van der Waals surface area contributed by atoms with E-state index in [1.165, 1.54) is 11.8 Å². The summed E-state index contributed by atoms with van der Waals surface area (Å²) in [5.41, 5.74) is 5.18. The second kappa shape index (κ2) is 9.00. The van der Waals surface area contributed by atoms with Gasteiger partial charge in [-0.05, 0) is 54.3 Å².